The molecule has 0 saturated carbocycles. The van der Waals surface area contributed by atoms with Crippen LogP contribution in [0.15, 0.2) is 80.7 Å². The van der Waals surface area contributed by atoms with Crippen molar-refractivity contribution in [1.29, 1.82) is 0 Å². The maximum Gasteiger partial charge on any atom is 0.326 e. The number of likely N-dealkylation sites (N-methyl/N-ethyl adjacent to an activating group) is 1. The number of carbonyl (C=O) groups is 1. The molecular formula is C32H36Br2N4O3. The first-order chi connectivity index (χ1) is 19.9. The van der Waals surface area contributed by atoms with E-state index in [1.165, 1.54) is 0 Å². The molecule has 5 rings (SSSR count). The number of aliphatic imine (C=N–C) groups is 1. The quantitative estimate of drug-likeness (QED) is 0.250. The van der Waals surface area contributed by atoms with Gasteiger partial charge in [-0.25, -0.2) is 4.79 Å². The number of piperazine rings is 1. The van der Waals surface area contributed by atoms with Gasteiger partial charge in [0.25, 0.3) is 0 Å². The lowest BCUT2D eigenvalue weighted by Crippen LogP contribution is -2.54. The zero-order chi connectivity index (χ0) is 28.9. The van der Waals surface area contributed by atoms with Crippen LogP contribution in [0, 0.1) is 0 Å². The van der Waals surface area contributed by atoms with Crippen molar-refractivity contribution in [3.05, 3.63) is 92.4 Å². The standard InChI is InChI=1S/C32H36Br2N4O3/c1-4-36-17-19-37(20-18-36)32(39)38-30(23-9-13-25(34)14-10-23)29(22-7-11-24(33)12-8-22)35-31(38)27-16-15-26(40-5-2)21-28(27)41-6-3/h7-16,21,29-30H,4-6,17-20H2,1-3H3. The second-order valence-corrected chi connectivity index (χ2v) is 11.9. The number of halogens is 2. The van der Waals surface area contributed by atoms with E-state index >= 15 is 0 Å². The Balaban J connectivity index is 1.66. The van der Waals surface area contributed by atoms with E-state index in [4.69, 9.17) is 14.5 Å². The van der Waals surface area contributed by atoms with Crippen LogP contribution in [-0.4, -0.2) is 72.5 Å². The van der Waals surface area contributed by atoms with Crippen molar-refractivity contribution in [2.24, 2.45) is 4.99 Å². The molecule has 41 heavy (non-hydrogen) atoms. The van der Waals surface area contributed by atoms with Crippen LogP contribution in [0.2, 0.25) is 0 Å². The maximum atomic E-state index is 14.6. The van der Waals surface area contributed by atoms with E-state index in [9.17, 15) is 4.79 Å². The molecule has 0 N–H and O–H groups in total. The van der Waals surface area contributed by atoms with Gasteiger partial charge in [0.2, 0.25) is 0 Å². The first-order valence-corrected chi connectivity index (χ1v) is 15.8. The Morgan fingerprint density at radius 1 is 0.829 bits per heavy atom. The van der Waals surface area contributed by atoms with Gasteiger partial charge in [-0.15, -0.1) is 0 Å². The lowest BCUT2D eigenvalue weighted by Gasteiger charge is -2.38. The van der Waals surface area contributed by atoms with Gasteiger partial charge in [-0.3, -0.25) is 9.89 Å². The predicted octanol–water partition coefficient (Wildman–Crippen LogP) is 7.31. The minimum absolute atomic E-state index is 0.0385. The van der Waals surface area contributed by atoms with Gasteiger partial charge in [0.1, 0.15) is 23.4 Å². The average Bonchev–Trinajstić information content (AvgIpc) is 3.38. The molecule has 216 valence electrons. The van der Waals surface area contributed by atoms with Crippen molar-refractivity contribution in [2.75, 3.05) is 45.9 Å². The molecular weight excluding hydrogens is 648 g/mol. The van der Waals surface area contributed by atoms with E-state index in [1.807, 2.05) is 66.1 Å². The fourth-order valence-corrected chi connectivity index (χ4v) is 6.01. The molecule has 0 spiro atoms. The lowest BCUT2D eigenvalue weighted by molar-refractivity contribution is 0.122. The Morgan fingerprint density at radius 2 is 1.44 bits per heavy atom. The van der Waals surface area contributed by atoms with Gasteiger partial charge in [-0.1, -0.05) is 63.0 Å². The average molecular weight is 684 g/mol. The Bertz CT molecular complexity index is 1370. The summed E-state index contributed by atoms with van der Waals surface area (Å²) in [5.74, 6) is 1.98. The molecule has 7 nitrogen and oxygen atoms in total. The molecule has 3 aromatic carbocycles. The van der Waals surface area contributed by atoms with E-state index in [-0.39, 0.29) is 18.1 Å². The van der Waals surface area contributed by atoms with E-state index in [0.717, 1.165) is 51.0 Å². The van der Waals surface area contributed by atoms with Gasteiger partial charge in [0, 0.05) is 41.2 Å². The molecule has 2 unspecified atom stereocenters. The van der Waals surface area contributed by atoms with E-state index < -0.39 is 0 Å². The number of benzene rings is 3. The first kappa shape index (κ1) is 29.6. The van der Waals surface area contributed by atoms with Crippen LogP contribution in [0.5, 0.6) is 11.5 Å². The summed E-state index contributed by atoms with van der Waals surface area (Å²) in [5.41, 5.74) is 2.83. The molecule has 0 aromatic heterocycles. The summed E-state index contributed by atoms with van der Waals surface area (Å²) in [6.45, 7) is 11.2. The Labute approximate surface area is 259 Å². The van der Waals surface area contributed by atoms with Gasteiger partial charge < -0.3 is 19.3 Å². The summed E-state index contributed by atoms with van der Waals surface area (Å²) in [6.07, 6.45) is 0. The minimum Gasteiger partial charge on any atom is -0.494 e. The molecule has 0 bridgehead atoms. The number of carbonyl (C=O) groups excluding carboxylic acids is 1. The number of nitrogens with zero attached hydrogens (tertiary/aromatic N) is 4. The number of rotatable bonds is 8. The highest BCUT2D eigenvalue weighted by Gasteiger charge is 2.45. The summed E-state index contributed by atoms with van der Waals surface area (Å²) in [7, 11) is 0. The van der Waals surface area contributed by atoms with Crippen molar-refractivity contribution >= 4 is 43.7 Å². The van der Waals surface area contributed by atoms with E-state index in [0.29, 0.717) is 37.9 Å². The number of urea groups is 1. The van der Waals surface area contributed by atoms with Crippen LogP contribution < -0.4 is 9.47 Å². The summed E-state index contributed by atoms with van der Waals surface area (Å²) < 4.78 is 13.9. The van der Waals surface area contributed by atoms with Gasteiger partial charge >= 0.3 is 6.03 Å². The van der Waals surface area contributed by atoms with Crippen molar-refractivity contribution in [2.45, 2.75) is 32.9 Å². The second-order valence-electron chi connectivity index (χ2n) is 10.0. The molecule has 1 saturated heterocycles. The Kier molecular flexibility index (Phi) is 9.68. The monoisotopic (exact) mass is 682 g/mol. The number of hydrogen-bond acceptors (Lipinski definition) is 5. The fraction of sp³-hybridized carbons (Fsp3) is 0.375. The topological polar surface area (TPSA) is 57.6 Å². The summed E-state index contributed by atoms with van der Waals surface area (Å²) in [5, 5.41) is 0. The van der Waals surface area contributed by atoms with Crippen LogP contribution in [0.25, 0.3) is 0 Å². The molecule has 0 radical (unpaired) electrons. The van der Waals surface area contributed by atoms with E-state index in [1.54, 1.807) is 0 Å². The molecule has 9 heteroatoms. The molecule has 2 heterocycles. The molecule has 2 aliphatic heterocycles. The van der Waals surface area contributed by atoms with Crippen molar-refractivity contribution in [3.63, 3.8) is 0 Å². The van der Waals surface area contributed by atoms with Crippen LogP contribution in [0.4, 0.5) is 4.79 Å². The van der Waals surface area contributed by atoms with Gasteiger partial charge in [-0.2, -0.15) is 0 Å². The van der Waals surface area contributed by atoms with Crippen molar-refractivity contribution in [3.8, 4) is 11.5 Å². The summed E-state index contributed by atoms with van der Waals surface area (Å²) in [4.78, 5) is 26.1. The molecule has 2 amide bonds. The molecule has 2 aliphatic rings. The zero-order valence-corrected chi connectivity index (χ0v) is 26.9. The van der Waals surface area contributed by atoms with Crippen molar-refractivity contribution < 1.29 is 14.3 Å². The molecule has 2 atom stereocenters. The van der Waals surface area contributed by atoms with E-state index in [2.05, 4.69) is 67.9 Å². The van der Waals surface area contributed by atoms with Gasteiger partial charge in [0.15, 0.2) is 0 Å². The number of hydrogen-bond donors (Lipinski definition) is 0. The first-order valence-electron chi connectivity index (χ1n) is 14.2. The highest BCUT2D eigenvalue weighted by Crippen LogP contribution is 2.45. The van der Waals surface area contributed by atoms with Crippen molar-refractivity contribution in [1.82, 2.24) is 14.7 Å². The third-order valence-electron chi connectivity index (χ3n) is 7.59. The fourth-order valence-electron chi connectivity index (χ4n) is 5.48. The predicted molar refractivity (Wildman–Crippen MR) is 170 cm³/mol. The van der Waals surface area contributed by atoms with Crippen LogP contribution in [-0.2, 0) is 0 Å². The number of ether oxygens (including phenoxy) is 2. The summed E-state index contributed by atoms with van der Waals surface area (Å²) >= 11 is 7.15. The second kappa shape index (κ2) is 13.4. The third kappa shape index (κ3) is 6.47. The van der Waals surface area contributed by atoms with Crippen LogP contribution in [0.3, 0.4) is 0 Å². The molecule has 0 aliphatic carbocycles. The maximum absolute atomic E-state index is 14.6. The number of amides is 2. The smallest absolute Gasteiger partial charge is 0.326 e. The third-order valence-corrected chi connectivity index (χ3v) is 8.65. The molecule has 1 fully saturated rings. The van der Waals surface area contributed by atoms with Gasteiger partial charge in [-0.05, 0) is 67.9 Å². The normalized spacial score (nSPS) is 19.3. The zero-order valence-electron chi connectivity index (χ0n) is 23.7. The summed E-state index contributed by atoms with van der Waals surface area (Å²) in [6, 6.07) is 21.5. The minimum atomic E-state index is -0.336. The largest absolute Gasteiger partial charge is 0.494 e. The van der Waals surface area contributed by atoms with Gasteiger partial charge in [0.05, 0.1) is 24.8 Å². The highest BCUT2D eigenvalue weighted by molar-refractivity contribution is 9.10. The number of amidine groups is 1. The molecule has 3 aromatic rings. The Morgan fingerprint density at radius 3 is 2.02 bits per heavy atom. The highest BCUT2D eigenvalue weighted by atomic mass is 79.9. The lowest BCUT2D eigenvalue weighted by atomic mass is 9.94. The van der Waals surface area contributed by atoms with Crippen LogP contribution >= 0.6 is 31.9 Å². The van der Waals surface area contributed by atoms with Crippen LogP contribution in [0.1, 0.15) is 49.5 Å². The SMILES string of the molecule is CCOc1ccc(C2=NC(c3ccc(Br)cc3)C(c3ccc(Br)cc3)N2C(=O)N2CCN(CC)CC2)c(OCC)c1. The Hall–Kier alpha value is -2.88.